The highest BCUT2D eigenvalue weighted by molar-refractivity contribution is 5.73. The number of rotatable bonds is 0. The third kappa shape index (κ3) is 1.09. The average molecular weight is 181 g/mol. The molecule has 0 aromatic rings. The Labute approximate surface area is 70.8 Å². The Bertz CT molecular complexity index is 349. The van der Waals surface area contributed by atoms with Gasteiger partial charge in [0.05, 0.1) is 0 Å². The van der Waals surface area contributed by atoms with Crippen LogP contribution in [-0.4, -0.2) is 11.0 Å². The molecule has 13 heavy (non-hydrogen) atoms. The number of amides is 2. The quantitative estimate of drug-likeness (QED) is 0.552. The molecule has 0 saturated heterocycles. The van der Waals surface area contributed by atoms with Crippen LogP contribution in [0.15, 0.2) is 42.7 Å². The third-order valence-electron chi connectivity index (χ3n) is 1.24. The van der Waals surface area contributed by atoms with E-state index in [9.17, 15) is 4.79 Å². The van der Waals surface area contributed by atoms with Crippen molar-refractivity contribution in [3.05, 3.63) is 11.6 Å². The molecule has 2 aliphatic rings. The maximum Gasteiger partial charge on any atom is 0.341 e. The molecular formula is C3H3N9O. The molecule has 0 saturated carbocycles. The lowest BCUT2D eigenvalue weighted by atomic mass is 10.6. The summed E-state index contributed by atoms with van der Waals surface area (Å²) < 4.78 is 0. The minimum absolute atomic E-state index is 0.0671. The summed E-state index contributed by atoms with van der Waals surface area (Å²) in [5.74, 6) is 0.144. The smallest absolute Gasteiger partial charge is 0.341 e. The van der Waals surface area contributed by atoms with Crippen LogP contribution in [0.25, 0.3) is 0 Å². The number of hydrogen-bond donors (Lipinski definition) is 2. The fraction of sp³-hybridized carbons (Fsp3) is 0. The second kappa shape index (κ2) is 2.58. The first-order valence-electron chi connectivity index (χ1n) is 3.11. The molecule has 2 amide bonds. The minimum atomic E-state index is -0.773. The fourth-order valence-corrected chi connectivity index (χ4v) is 0.739. The predicted octanol–water partition coefficient (Wildman–Crippen LogP) is 0.212. The van der Waals surface area contributed by atoms with E-state index in [-0.39, 0.29) is 11.6 Å². The van der Waals surface area contributed by atoms with Gasteiger partial charge in [-0.25, -0.2) is 4.79 Å². The number of hydrogen-bond acceptors (Lipinski definition) is 8. The lowest BCUT2D eigenvalue weighted by molar-refractivity contribution is 0.208. The molecule has 0 bridgehead atoms. The Kier molecular flexibility index (Phi) is 1.44. The molecule has 2 aliphatic heterocycles. The van der Waals surface area contributed by atoms with Gasteiger partial charge in [-0.2, -0.15) is 10.5 Å². The Morgan fingerprint density at radius 1 is 1.31 bits per heavy atom. The maximum absolute atomic E-state index is 10.8. The topological polar surface area (TPSA) is 133 Å². The van der Waals surface area contributed by atoms with Crippen LogP contribution in [0, 0.1) is 0 Å². The lowest BCUT2D eigenvalue weighted by Crippen LogP contribution is -2.39. The molecule has 2 rings (SSSR count). The van der Waals surface area contributed by atoms with Crippen molar-refractivity contribution in [2.75, 3.05) is 0 Å². The van der Waals surface area contributed by atoms with Crippen LogP contribution in [0.2, 0.25) is 0 Å². The van der Waals surface area contributed by atoms with Crippen LogP contribution in [0.4, 0.5) is 4.79 Å². The molecule has 0 fully saturated rings. The molecule has 0 atom stereocenters. The summed E-state index contributed by atoms with van der Waals surface area (Å²) in [4.78, 5) is 10.8. The van der Waals surface area contributed by atoms with E-state index >= 15 is 0 Å². The van der Waals surface area contributed by atoms with Gasteiger partial charge < -0.3 is 5.73 Å². The van der Waals surface area contributed by atoms with E-state index < -0.39 is 6.03 Å². The molecule has 2 heterocycles. The van der Waals surface area contributed by atoms with Crippen molar-refractivity contribution in [2.24, 2.45) is 36.7 Å². The number of carbonyl (C=O) groups excluding carboxylic acids is 1. The van der Waals surface area contributed by atoms with Crippen molar-refractivity contribution in [1.29, 1.82) is 0 Å². The molecule has 0 aliphatic carbocycles. The van der Waals surface area contributed by atoms with Gasteiger partial charge in [-0.15, -0.1) is 15.3 Å². The summed E-state index contributed by atoms with van der Waals surface area (Å²) in [6.07, 6.45) is 0. The minimum Gasteiger partial charge on any atom is -0.350 e. The van der Waals surface area contributed by atoms with Gasteiger partial charge in [-0.3, -0.25) is 0 Å². The first-order valence-corrected chi connectivity index (χ1v) is 3.11. The Morgan fingerprint density at radius 2 is 2.00 bits per heavy atom. The summed E-state index contributed by atoms with van der Waals surface area (Å²) in [6, 6.07) is -0.773. The van der Waals surface area contributed by atoms with Gasteiger partial charge in [0.15, 0.2) is 0 Å². The van der Waals surface area contributed by atoms with Gasteiger partial charge >= 0.3 is 6.03 Å². The molecule has 0 aromatic heterocycles. The predicted molar refractivity (Wildman–Crippen MR) is 36.2 cm³/mol. The normalized spacial score (nSPS) is 18.6. The van der Waals surface area contributed by atoms with Crippen LogP contribution >= 0.6 is 0 Å². The highest BCUT2D eigenvalue weighted by atomic mass is 16.2. The Hall–Kier alpha value is -2.39. The average Bonchev–Trinajstić information content (AvgIpc) is 2.74. The number of primary amides is 1. The van der Waals surface area contributed by atoms with Gasteiger partial charge in [0.2, 0.25) is 11.6 Å². The molecular weight excluding hydrogens is 178 g/mol. The van der Waals surface area contributed by atoms with E-state index in [1.807, 2.05) is 0 Å². The van der Waals surface area contributed by atoms with Crippen molar-refractivity contribution in [3.8, 4) is 0 Å². The van der Waals surface area contributed by atoms with Crippen LogP contribution in [0.3, 0.4) is 0 Å². The molecule has 0 radical (unpaired) electrons. The number of nitrogens with two attached hydrogens (primary N) is 1. The largest absolute Gasteiger partial charge is 0.350 e. The lowest BCUT2D eigenvalue weighted by Gasteiger charge is -2.09. The van der Waals surface area contributed by atoms with Gasteiger partial charge in [0.25, 0.3) is 0 Å². The molecule has 3 N–H and O–H groups in total. The number of nitrogens with one attached hydrogen (secondary N) is 1. The summed E-state index contributed by atoms with van der Waals surface area (Å²) in [5.41, 5.74) is 7.22. The van der Waals surface area contributed by atoms with Gasteiger partial charge in [-0.1, -0.05) is 5.22 Å². The summed E-state index contributed by atoms with van der Waals surface area (Å²) in [5, 5.41) is 21.2. The number of hydrazine groups is 1. The van der Waals surface area contributed by atoms with E-state index in [0.29, 0.717) is 0 Å². The SMILES string of the molecule is NC(=O)N1NN=NC1=C1N=NN=N1. The first-order chi connectivity index (χ1) is 6.29. The maximum atomic E-state index is 10.8. The van der Waals surface area contributed by atoms with Gasteiger partial charge in [0, 0.05) is 0 Å². The summed E-state index contributed by atoms with van der Waals surface area (Å²) >= 11 is 0. The third-order valence-corrected chi connectivity index (χ3v) is 1.24. The fourth-order valence-electron chi connectivity index (χ4n) is 0.739. The van der Waals surface area contributed by atoms with Crippen molar-refractivity contribution in [3.63, 3.8) is 0 Å². The van der Waals surface area contributed by atoms with Crippen LogP contribution in [0.5, 0.6) is 0 Å². The zero-order valence-electron chi connectivity index (χ0n) is 6.12. The zero-order valence-corrected chi connectivity index (χ0v) is 6.12. The van der Waals surface area contributed by atoms with Gasteiger partial charge in [0.1, 0.15) is 0 Å². The summed E-state index contributed by atoms with van der Waals surface area (Å²) in [6.45, 7) is 0. The van der Waals surface area contributed by atoms with Crippen LogP contribution in [-0.2, 0) is 0 Å². The highest BCUT2D eigenvalue weighted by Crippen LogP contribution is 2.20. The molecule has 0 spiro atoms. The van der Waals surface area contributed by atoms with E-state index in [1.165, 1.54) is 0 Å². The standard InChI is InChI=1S/C3H3N9O/c4-3(13)12-2(7-10-11-12)1-5-8-9-6-1/h(H2,4,13)(H,7,11). The van der Waals surface area contributed by atoms with Crippen LogP contribution < -0.4 is 11.3 Å². The number of carbonyl (C=O) groups is 1. The molecule has 0 aromatic carbocycles. The molecule has 0 unspecified atom stereocenters. The second-order valence-electron chi connectivity index (χ2n) is 2.00. The summed E-state index contributed by atoms with van der Waals surface area (Å²) in [7, 11) is 0. The van der Waals surface area contributed by atoms with E-state index in [1.54, 1.807) is 0 Å². The first kappa shape index (κ1) is 7.27. The second-order valence-corrected chi connectivity index (χ2v) is 2.00. The molecule has 10 nitrogen and oxygen atoms in total. The Balaban J connectivity index is 2.37. The van der Waals surface area contributed by atoms with Crippen molar-refractivity contribution in [1.82, 2.24) is 10.5 Å². The monoisotopic (exact) mass is 181 g/mol. The zero-order chi connectivity index (χ0) is 9.26. The van der Waals surface area contributed by atoms with E-state index in [0.717, 1.165) is 5.01 Å². The number of urea groups is 1. The Morgan fingerprint density at radius 3 is 2.62 bits per heavy atom. The number of nitrogens with zero attached hydrogens (tertiary/aromatic N) is 7. The highest BCUT2D eigenvalue weighted by Gasteiger charge is 2.25. The van der Waals surface area contributed by atoms with Crippen molar-refractivity contribution in [2.45, 2.75) is 0 Å². The van der Waals surface area contributed by atoms with Gasteiger partial charge in [-0.05, 0) is 10.4 Å². The van der Waals surface area contributed by atoms with E-state index in [4.69, 9.17) is 5.73 Å². The van der Waals surface area contributed by atoms with Crippen LogP contribution in [0.1, 0.15) is 0 Å². The van der Waals surface area contributed by atoms with Crippen molar-refractivity contribution < 1.29 is 4.79 Å². The molecule has 10 heteroatoms. The van der Waals surface area contributed by atoms with E-state index in [2.05, 4.69) is 36.5 Å². The molecule has 66 valence electrons. The van der Waals surface area contributed by atoms with Crippen molar-refractivity contribution >= 4 is 6.03 Å².